The van der Waals surface area contributed by atoms with Crippen molar-refractivity contribution >= 4 is 34.7 Å². The van der Waals surface area contributed by atoms with E-state index in [0.29, 0.717) is 33.4 Å². The van der Waals surface area contributed by atoms with Crippen LogP contribution in [0.4, 0.5) is 11.5 Å². The molecule has 1 amide bonds. The van der Waals surface area contributed by atoms with Crippen LogP contribution in [0.1, 0.15) is 10.4 Å². The summed E-state index contributed by atoms with van der Waals surface area (Å²) in [5, 5.41) is 16.6. The van der Waals surface area contributed by atoms with E-state index in [1.165, 1.54) is 0 Å². The lowest BCUT2D eigenvalue weighted by atomic mass is 10.2. The quantitative estimate of drug-likeness (QED) is 0.513. The van der Waals surface area contributed by atoms with Crippen molar-refractivity contribution in [1.29, 1.82) is 0 Å². The number of piperazine rings is 1. The maximum Gasteiger partial charge on any atom is 0.255 e. The molecule has 0 unspecified atom stereocenters. The van der Waals surface area contributed by atoms with Gasteiger partial charge in [0.2, 0.25) is 5.82 Å². The molecule has 10 heteroatoms. The molecule has 1 aromatic carbocycles. The van der Waals surface area contributed by atoms with Crippen LogP contribution in [-0.4, -0.2) is 68.8 Å². The summed E-state index contributed by atoms with van der Waals surface area (Å²) in [5.41, 5.74) is 2.20. The number of anilines is 2. The number of hydrogen-bond acceptors (Lipinski definition) is 7. The standard InChI is InChI=1S/C22H21ClN8O/c1-29-9-11-30(12-10-29)20-6-5-19-26-27-21(31(19)28-20)18-13-15(7-8-24-18)22(32)25-17-4-2-3-16(23)14-17/h2-8,13-14H,9-12H2,1H3,(H,25,32). The smallest absolute Gasteiger partial charge is 0.255 e. The first kappa shape index (κ1) is 20.3. The molecule has 9 nitrogen and oxygen atoms in total. The van der Waals surface area contributed by atoms with Crippen molar-refractivity contribution in [2.45, 2.75) is 0 Å². The molecule has 0 radical (unpaired) electrons. The number of nitrogens with one attached hydrogen (secondary N) is 1. The van der Waals surface area contributed by atoms with E-state index in [4.69, 9.17) is 16.7 Å². The number of halogens is 1. The number of aromatic nitrogens is 5. The van der Waals surface area contributed by atoms with Gasteiger partial charge < -0.3 is 15.1 Å². The zero-order valence-electron chi connectivity index (χ0n) is 17.4. The van der Waals surface area contributed by atoms with E-state index in [9.17, 15) is 4.79 Å². The van der Waals surface area contributed by atoms with E-state index in [0.717, 1.165) is 32.0 Å². The first-order chi connectivity index (χ1) is 15.6. The third-order valence-electron chi connectivity index (χ3n) is 5.41. The number of rotatable bonds is 4. The van der Waals surface area contributed by atoms with Gasteiger partial charge in [-0.15, -0.1) is 15.3 Å². The number of fused-ring (bicyclic) bond motifs is 1. The van der Waals surface area contributed by atoms with E-state index < -0.39 is 0 Å². The minimum absolute atomic E-state index is 0.268. The van der Waals surface area contributed by atoms with Gasteiger partial charge in [0.05, 0.1) is 0 Å². The van der Waals surface area contributed by atoms with E-state index >= 15 is 0 Å². The zero-order chi connectivity index (χ0) is 22.1. The van der Waals surface area contributed by atoms with Crippen molar-refractivity contribution in [3.05, 3.63) is 65.3 Å². The summed E-state index contributed by atoms with van der Waals surface area (Å²) < 4.78 is 1.68. The van der Waals surface area contributed by atoms with E-state index in [1.54, 1.807) is 47.1 Å². The molecule has 0 spiro atoms. The molecule has 0 atom stereocenters. The third-order valence-corrected chi connectivity index (χ3v) is 5.64. The van der Waals surface area contributed by atoms with Gasteiger partial charge >= 0.3 is 0 Å². The maximum atomic E-state index is 12.7. The van der Waals surface area contributed by atoms with Gasteiger partial charge in [-0.2, -0.15) is 4.52 Å². The number of nitrogens with zero attached hydrogens (tertiary/aromatic N) is 7. The van der Waals surface area contributed by atoms with E-state index in [1.807, 2.05) is 12.1 Å². The number of carbonyl (C=O) groups is 1. The van der Waals surface area contributed by atoms with Crippen molar-refractivity contribution in [2.75, 3.05) is 43.4 Å². The Balaban J connectivity index is 1.44. The second kappa shape index (κ2) is 8.52. The minimum Gasteiger partial charge on any atom is -0.353 e. The summed E-state index contributed by atoms with van der Waals surface area (Å²) in [6.45, 7) is 3.79. The highest BCUT2D eigenvalue weighted by molar-refractivity contribution is 6.31. The summed E-state index contributed by atoms with van der Waals surface area (Å²) in [5.74, 6) is 1.07. The van der Waals surface area contributed by atoms with Gasteiger partial charge in [0.15, 0.2) is 5.65 Å². The number of pyridine rings is 1. The zero-order valence-corrected chi connectivity index (χ0v) is 18.2. The van der Waals surface area contributed by atoms with Crippen LogP contribution in [0.2, 0.25) is 5.02 Å². The minimum atomic E-state index is -0.268. The predicted molar refractivity (Wildman–Crippen MR) is 123 cm³/mol. The molecule has 1 fully saturated rings. The number of likely N-dealkylation sites (N-methyl/N-ethyl adjacent to an activating group) is 1. The molecule has 1 saturated heterocycles. The molecule has 3 aromatic heterocycles. The lowest BCUT2D eigenvalue weighted by molar-refractivity contribution is 0.102. The Hall–Kier alpha value is -3.56. The molecule has 0 saturated carbocycles. The van der Waals surface area contributed by atoms with E-state index in [-0.39, 0.29) is 5.91 Å². The van der Waals surface area contributed by atoms with E-state index in [2.05, 4.69) is 37.3 Å². The van der Waals surface area contributed by atoms with Crippen molar-refractivity contribution in [3.8, 4) is 11.5 Å². The first-order valence-electron chi connectivity index (χ1n) is 10.3. The van der Waals surface area contributed by atoms with Crippen molar-refractivity contribution in [1.82, 2.24) is 29.7 Å². The van der Waals surface area contributed by atoms with Crippen LogP contribution in [0, 0.1) is 0 Å². The van der Waals surface area contributed by atoms with Gasteiger partial charge in [-0.3, -0.25) is 9.78 Å². The molecule has 162 valence electrons. The van der Waals surface area contributed by atoms with Crippen LogP contribution in [0.15, 0.2) is 54.7 Å². The molecule has 5 rings (SSSR count). The summed E-state index contributed by atoms with van der Waals surface area (Å²) in [7, 11) is 2.12. The first-order valence-corrected chi connectivity index (χ1v) is 10.6. The molecule has 4 heterocycles. The largest absolute Gasteiger partial charge is 0.353 e. The Labute approximate surface area is 189 Å². The fraction of sp³-hybridized carbons (Fsp3) is 0.227. The van der Waals surface area contributed by atoms with Crippen molar-refractivity contribution in [2.24, 2.45) is 0 Å². The summed E-state index contributed by atoms with van der Waals surface area (Å²) in [4.78, 5) is 21.7. The topological polar surface area (TPSA) is 91.5 Å². The Kier molecular flexibility index (Phi) is 5.42. The van der Waals surface area contributed by atoms with Crippen molar-refractivity contribution < 1.29 is 4.79 Å². The monoisotopic (exact) mass is 448 g/mol. The van der Waals surface area contributed by atoms with Gasteiger partial charge in [0.25, 0.3) is 5.91 Å². The van der Waals surface area contributed by atoms with Gasteiger partial charge in [0.1, 0.15) is 11.5 Å². The fourth-order valence-corrected chi connectivity index (χ4v) is 3.80. The van der Waals surface area contributed by atoms with Crippen LogP contribution in [0.25, 0.3) is 17.2 Å². The lowest BCUT2D eigenvalue weighted by Crippen LogP contribution is -2.44. The highest BCUT2D eigenvalue weighted by Gasteiger charge is 2.18. The van der Waals surface area contributed by atoms with Gasteiger partial charge in [-0.05, 0) is 49.5 Å². The highest BCUT2D eigenvalue weighted by Crippen LogP contribution is 2.21. The molecular formula is C22H21ClN8O. The highest BCUT2D eigenvalue weighted by atomic mass is 35.5. The molecule has 32 heavy (non-hydrogen) atoms. The molecule has 1 N–H and O–H groups in total. The van der Waals surface area contributed by atoms with Crippen LogP contribution in [0.3, 0.4) is 0 Å². The molecular weight excluding hydrogens is 428 g/mol. The normalized spacial score (nSPS) is 14.6. The fourth-order valence-electron chi connectivity index (χ4n) is 3.61. The average Bonchev–Trinajstić information content (AvgIpc) is 3.23. The second-order valence-corrected chi connectivity index (χ2v) is 8.11. The Morgan fingerprint density at radius 3 is 2.69 bits per heavy atom. The summed E-state index contributed by atoms with van der Waals surface area (Å²) >= 11 is 6.01. The molecule has 0 aliphatic carbocycles. The molecule has 0 bridgehead atoms. The summed E-state index contributed by atoms with van der Waals surface area (Å²) in [6, 6.07) is 14.2. The SMILES string of the molecule is CN1CCN(c2ccc3nnc(-c4cc(C(=O)Nc5cccc(Cl)c5)ccn4)n3n2)CC1. The average molecular weight is 449 g/mol. The van der Waals surface area contributed by atoms with Crippen LogP contribution < -0.4 is 10.2 Å². The van der Waals surface area contributed by atoms with Crippen LogP contribution in [0.5, 0.6) is 0 Å². The number of hydrogen-bond donors (Lipinski definition) is 1. The number of carbonyl (C=O) groups excluding carboxylic acids is 1. The van der Waals surface area contributed by atoms with Crippen molar-refractivity contribution in [3.63, 3.8) is 0 Å². The second-order valence-electron chi connectivity index (χ2n) is 7.67. The van der Waals surface area contributed by atoms with Gasteiger partial charge in [-0.1, -0.05) is 17.7 Å². The Bertz CT molecular complexity index is 1280. The summed E-state index contributed by atoms with van der Waals surface area (Å²) in [6.07, 6.45) is 1.58. The molecule has 1 aliphatic heterocycles. The number of amides is 1. The molecule has 1 aliphatic rings. The molecule has 4 aromatic rings. The Morgan fingerprint density at radius 2 is 1.88 bits per heavy atom. The lowest BCUT2D eigenvalue weighted by Gasteiger charge is -2.33. The van der Waals surface area contributed by atoms with Gasteiger partial charge in [0, 0.05) is 48.6 Å². The maximum absolute atomic E-state index is 12.7. The number of benzene rings is 1. The third kappa shape index (κ3) is 4.12. The predicted octanol–water partition coefficient (Wildman–Crippen LogP) is 2.84. The van der Waals surface area contributed by atoms with Crippen LogP contribution in [-0.2, 0) is 0 Å². The Morgan fingerprint density at radius 1 is 1.03 bits per heavy atom. The van der Waals surface area contributed by atoms with Gasteiger partial charge in [-0.25, -0.2) is 0 Å². The van der Waals surface area contributed by atoms with Crippen LogP contribution >= 0.6 is 11.6 Å².